The molecule has 1 aliphatic heterocycles. The van der Waals surface area contributed by atoms with E-state index >= 15 is 0 Å². The van der Waals surface area contributed by atoms with Crippen molar-refractivity contribution in [1.29, 1.82) is 0 Å². The van der Waals surface area contributed by atoms with E-state index in [2.05, 4.69) is 31.1 Å². The number of hydrogen-bond donors (Lipinski definition) is 1. The van der Waals surface area contributed by atoms with Crippen LogP contribution in [0.4, 0.5) is 5.69 Å². The molecule has 3 rings (SSSR count). The van der Waals surface area contributed by atoms with E-state index < -0.39 is 9.71 Å². The third-order valence-corrected chi connectivity index (χ3v) is 6.52. The number of benzene rings is 2. The summed E-state index contributed by atoms with van der Waals surface area (Å²) >= 11 is 6.18. The summed E-state index contributed by atoms with van der Waals surface area (Å²) in [6.45, 7) is 4.21. The Kier molecular flexibility index (Phi) is 4.17. The van der Waals surface area contributed by atoms with Gasteiger partial charge in [-0.3, -0.25) is 4.31 Å². The molecule has 0 saturated carbocycles. The summed E-state index contributed by atoms with van der Waals surface area (Å²) in [5, 5.41) is 4.16. The van der Waals surface area contributed by atoms with E-state index in [4.69, 9.17) is 11.6 Å². The molecule has 5 heteroatoms. The molecule has 0 saturated heterocycles. The van der Waals surface area contributed by atoms with Crippen LogP contribution in [-0.2, 0) is 9.71 Å². The zero-order valence-corrected chi connectivity index (χ0v) is 15.1. The second-order valence-corrected chi connectivity index (χ2v) is 8.84. The molecule has 2 aromatic carbocycles. The summed E-state index contributed by atoms with van der Waals surface area (Å²) in [5.74, 6) is 4.03. The average Bonchev–Trinajstić information content (AvgIpc) is 2.57. The second-order valence-electron chi connectivity index (χ2n) is 6.13. The highest BCUT2D eigenvalue weighted by atomic mass is 35.5. The van der Waals surface area contributed by atoms with E-state index in [0.29, 0.717) is 9.92 Å². The average molecular weight is 349 g/mol. The molecule has 0 radical (unpaired) electrons. The molecule has 0 bridgehead atoms. The molecule has 2 aromatic rings. The van der Waals surface area contributed by atoms with Gasteiger partial charge in [-0.2, -0.15) is 0 Å². The molecule has 2 atom stereocenters. The lowest BCUT2D eigenvalue weighted by molar-refractivity contribution is 0.525. The minimum atomic E-state index is -2.65. The predicted molar refractivity (Wildman–Crippen MR) is 99.9 cm³/mol. The predicted octanol–water partition coefficient (Wildman–Crippen LogP) is 3.87. The number of rotatable bonds is 2. The van der Waals surface area contributed by atoms with Crippen LogP contribution in [-0.4, -0.2) is 23.2 Å². The number of halogens is 1. The first kappa shape index (κ1) is 16.4. The number of nitrogens with zero attached hydrogens (tertiary/aromatic N) is 1. The molecule has 1 heterocycles. The Morgan fingerprint density at radius 2 is 1.91 bits per heavy atom. The van der Waals surface area contributed by atoms with Crippen molar-refractivity contribution in [2.75, 3.05) is 11.4 Å². The molecule has 3 nitrogen and oxygen atoms in total. The zero-order chi connectivity index (χ0) is 16.8. The van der Waals surface area contributed by atoms with Crippen LogP contribution in [0.15, 0.2) is 47.4 Å². The lowest BCUT2D eigenvalue weighted by atomic mass is 9.96. The Labute approximate surface area is 143 Å². The van der Waals surface area contributed by atoms with Gasteiger partial charge in [0.1, 0.15) is 0 Å². The van der Waals surface area contributed by atoms with Gasteiger partial charge in [-0.15, -0.1) is 0 Å². The Morgan fingerprint density at radius 3 is 2.61 bits per heavy atom. The topological polar surface area (TPSA) is 32.3 Å². The fourth-order valence-corrected chi connectivity index (χ4v) is 4.91. The Hall–Kier alpha value is -1.49. The highest BCUT2D eigenvalue weighted by molar-refractivity contribution is 8.01. The minimum absolute atomic E-state index is 0.0500. The van der Waals surface area contributed by atoms with Gasteiger partial charge in [0.05, 0.1) is 26.3 Å². The quantitative estimate of drug-likeness (QED) is 0.836. The molecule has 0 spiro atoms. The summed E-state index contributed by atoms with van der Waals surface area (Å²) < 4.78 is 15.2. The van der Waals surface area contributed by atoms with Gasteiger partial charge in [0.25, 0.3) is 0 Å². The molecule has 1 aliphatic rings. The van der Waals surface area contributed by atoms with E-state index in [1.165, 1.54) is 0 Å². The standard InChI is InChI=1S/C18H21ClN2OS/c1-12(2)20-18-14-7-5-6-8-16(14)21(3)23(4,22)17-11-13(19)9-10-15(17)18/h5-12,18,20H,4H2,1-3H3. The normalized spacial score (nSPS) is 23.3. The van der Waals surface area contributed by atoms with Crippen molar-refractivity contribution < 1.29 is 4.21 Å². The molecular weight excluding hydrogens is 328 g/mol. The van der Waals surface area contributed by atoms with Gasteiger partial charge < -0.3 is 5.32 Å². The van der Waals surface area contributed by atoms with Crippen LogP contribution < -0.4 is 9.62 Å². The van der Waals surface area contributed by atoms with E-state index in [1.54, 1.807) is 10.4 Å². The smallest absolute Gasteiger partial charge is 0.0764 e. The van der Waals surface area contributed by atoms with E-state index in [-0.39, 0.29) is 12.1 Å². The Balaban J connectivity index is 2.36. The van der Waals surface area contributed by atoms with Crippen LogP contribution in [0.25, 0.3) is 0 Å². The summed E-state index contributed by atoms with van der Waals surface area (Å²) in [6.07, 6.45) is 0. The lowest BCUT2D eigenvalue weighted by Gasteiger charge is -2.24. The molecule has 0 aromatic heterocycles. The van der Waals surface area contributed by atoms with Crippen molar-refractivity contribution in [3.8, 4) is 0 Å². The number of para-hydroxylation sites is 1. The van der Waals surface area contributed by atoms with Crippen LogP contribution in [0.1, 0.15) is 31.0 Å². The maximum absolute atomic E-state index is 13.5. The fraction of sp³-hybridized carbons (Fsp3) is 0.278. The maximum atomic E-state index is 13.5. The molecular formula is C18H21ClN2OS. The molecule has 0 amide bonds. The lowest BCUT2D eigenvalue weighted by Crippen LogP contribution is -2.29. The molecule has 0 aliphatic carbocycles. The summed E-state index contributed by atoms with van der Waals surface area (Å²) in [7, 11) is -0.823. The van der Waals surface area contributed by atoms with Gasteiger partial charge in [-0.1, -0.05) is 35.9 Å². The maximum Gasteiger partial charge on any atom is 0.0764 e. The van der Waals surface area contributed by atoms with Crippen molar-refractivity contribution in [2.45, 2.75) is 30.8 Å². The van der Waals surface area contributed by atoms with Gasteiger partial charge in [0.2, 0.25) is 0 Å². The highest BCUT2D eigenvalue weighted by Crippen LogP contribution is 2.40. The van der Waals surface area contributed by atoms with Gasteiger partial charge in [-0.05, 0) is 49.0 Å². The van der Waals surface area contributed by atoms with Gasteiger partial charge in [0.15, 0.2) is 0 Å². The van der Waals surface area contributed by atoms with E-state index in [9.17, 15) is 4.21 Å². The van der Waals surface area contributed by atoms with E-state index in [0.717, 1.165) is 16.8 Å². The van der Waals surface area contributed by atoms with Crippen LogP contribution in [0.3, 0.4) is 0 Å². The Bertz CT molecular complexity index is 846. The van der Waals surface area contributed by atoms with Crippen LogP contribution in [0.2, 0.25) is 5.02 Å². The van der Waals surface area contributed by atoms with Crippen LogP contribution in [0.5, 0.6) is 0 Å². The first-order valence-corrected chi connectivity index (χ1v) is 9.64. The largest absolute Gasteiger partial charge is 0.304 e. The van der Waals surface area contributed by atoms with Crippen molar-refractivity contribution in [1.82, 2.24) is 5.32 Å². The van der Waals surface area contributed by atoms with Gasteiger partial charge >= 0.3 is 0 Å². The minimum Gasteiger partial charge on any atom is -0.304 e. The third kappa shape index (κ3) is 2.75. The molecule has 23 heavy (non-hydrogen) atoms. The fourth-order valence-electron chi connectivity index (χ4n) is 3.03. The van der Waals surface area contributed by atoms with Crippen molar-refractivity contribution in [3.05, 3.63) is 58.6 Å². The van der Waals surface area contributed by atoms with Crippen molar-refractivity contribution in [3.63, 3.8) is 0 Å². The van der Waals surface area contributed by atoms with Crippen molar-refractivity contribution >= 4 is 32.9 Å². The van der Waals surface area contributed by atoms with Crippen LogP contribution >= 0.6 is 11.6 Å². The van der Waals surface area contributed by atoms with E-state index in [1.807, 2.05) is 37.4 Å². The third-order valence-electron chi connectivity index (χ3n) is 4.16. The first-order chi connectivity index (χ1) is 10.8. The molecule has 0 fully saturated rings. The number of hydrogen-bond acceptors (Lipinski definition) is 2. The monoisotopic (exact) mass is 348 g/mol. The van der Waals surface area contributed by atoms with Gasteiger partial charge in [-0.25, -0.2) is 4.21 Å². The Morgan fingerprint density at radius 1 is 1.22 bits per heavy atom. The molecule has 1 N–H and O–H groups in total. The second kappa shape index (κ2) is 5.86. The number of anilines is 1. The van der Waals surface area contributed by atoms with Crippen LogP contribution in [0, 0.1) is 0 Å². The summed E-state index contributed by atoms with van der Waals surface area (Å²) in [5.41, 5.74) is 3.00. The molecule has 122 valence electrons. The molecule has 2 unspecified atom stereocenters. The SMILES string of the molecule is C=S1(=O)c2cc(Cl)ccc2C(NC(C)C)c2ccccc2N1C. The first-order valence-electron chi connectivity index (χ1n) is 7.58. The number of fused-ring (bicyclic) bond motifs is 2. The highest BCUT2D eigenvalue weighted by Gasteiger charge is 2.31. The zero-order valence-electron chi connectivity index (χ0n) is 13.5. The summed E-state index contributed by atoms with van der Waals surface area (Å²) in [4.78, 5) is 0.696. The van der Waals surface area contributed by atoms with Crippen molar-refractivity contribution in [2.24, 2.45) is 0 Å². The number of nitrogens with one attached hydrogen (secondary N) is 1. The van der Waals surface area contributed by atoms with Gasteiger partial charge in [0, 0.05) is 18.1 Å². The summed E-state index contributed by atoms with van der Waals surface area (Å²) in [6, 6.07) is 13.8.